The van der Waals surface area contributed by atoms with Crippen LogP contribution in [-0.2, 0) is 6.42 Å². The lowest BCUT2D eigenvalue weighted by atomic mass is 10.2. The molecule has 13 heavy (non-hydrogen) atoms. The number of hydrogen-bond donors (Lipinski definition) is 2. The molecule has 0 aliphatic carbocycles. The normalized spacial score (nSPS) is 13.2. The quantitative estimate of drug-likeness (QED) is 0.693. The van der Waals surface area contributed by atoms with Gasteiger partial charge in [0.2, 0.25) is 5.89 Å². The summed E-state index contributed by atoms with van der Waals surface area (Å²) in [6, 6.07) is -0.176. The third-order valence-corrected chi connectivity index (χ3v) is 1.74. The number of aliphatic hydroxyl groups is 1. The molecular formula is C8H15N3O2. The molecule has 0 fully saturated rings. The minimum atomic E-state index is -0.176. The van der Waals surface area contributed by atoms with Crippen molar-refractivity contribution in [2.45, 2.75) is 32.2 Å². The Morgan fingerprint density at radius 3 is 3.00 bits per heavy atom. The predicted molar refractivity (Wildman–Crippen MR) is 46.9 cm³/mol. The van der Waals surface area contributed by atoms with E-state index in [9.17, 15) is 0 Å². The molecular weight excluding hydrogens is 170 g/mol. The number of nitrogens with two attached hydrogens (primary N) is 1. The van der Waals surface area contributed by atoms with Gasteiger partial charge in [0, 0.05) is 6.42 Å². The highest BCUT2D eigenvalue weighted by Crippen LogP contribution is 2.12. The fourth-order valence-corrected chi connectivity index (χ4v) is 1.05. The highest BCUT2D eigenvalue weighted by atomic mass is 16.5. The zero-order valence-corrected chi connectivity index (χ0v) is 7.73. The number of rotatable bonds is 5. The highest BCUT2D eigenvalue weighted by molar-refractivity contribution is 4.91. The van der Waals surface area contributed by atoms with Gasteiger partial charge in [0.15, 0.2) is 5.82 Å². The molecule has 1 aromatic rings. The zero-order chi connectivity index (χ0) is 9.68. The number of hydrogen-bond acceptors (Lipinski definition) is 5. The van der Waals surface area contributed by atoms with E-state index in [0.29, 0.717) is 18.1 Å². The Bertz CT molecular complexity index is 249. The van der Waals surface area contributed by atoms with Crippen molar-refractivity contribution in [1.82, 2.24) is 10.1 Å². The Morgan fingerprint density at radius 1 is 1.62 bits per heavy atom. The molecule has 0 aliphatic heterocycles. The second-order valence-corrected chi connectivity index (χ2v) is 2.92. The lowest BCUT2D eigenvalue weighted by molar-refractivity contribution is 0.292. The van der Waals surface area contributed by atoms with Crippen LogP contribution in [0.2, 0.25) is 0 Å². The van der Waals surface area contributed by atoms with Crippen molar-refractivity contribution in [2.24, 2.45) is 5.73 Å². The standard InChI is InChI=1S/C8H15N3O2/c1-2-3-6(9)8-10-7(4-5-12)11-13-8/h6,12H,2-5,9H2,1H3/t6-/m1/s1. The Kier molecular flexibility index (Phi) is 3.85. The molecule has 0 radical (unpaired) electrons. The average Bonchev–Trinajstić information content (AvgIpc) is 2.54. The number of aromatic nitrogens is 2. The van der Waals surface area contributed by atoms with E-state index in [0.717, 1.165) is 12.8 Å². The van der Waals surface area contributed by atoms with E-state index in [-0.39, 0.29) is 12.6 Å². The van der Waals surface area contributed by atoms with Crippen molar-refractivity contribution >= 4 is 0 Å². The van der Waals surface area contributed by atoms with Gasteiger partial charge >= 0.3 is 0 Å². The van der Waals surface area contributed by atoms with Gasteiger partial charge < -0.3 is 15.4 Å². The van der Waals surface area contributed by atoms with Gasteiger partial charge in [0.05, 0.1) is 12.6 Å². The van der Waals surface area contributed by atoms with Crippen LogP contribution in [-0.4, -0.2) is 21.9 Å². The maximum absolute atomic E-state index is 8.62. The van der Waals surface area contributed by atoms with Gasteiger partial charge in [-0.1, -0.05) is 18.5 Å². The van der Waals surface area contributed by atoms with Gasteiger partial charge in [-0.15, -0.1) is 0 Å². The predicted octanol–water partition coefficient (Wildman–Crippen LogP) is 0.404. The molecule has 0 aromatic carbocycles. The zero-order valence-electron chi connectivity index (χ0n) is 7.73. The molecule has 1 aromatic heterocycles. The summed E-state index contributed by atoms with van der Waals surface area (Å²) in [6.45, 7) is 2.08. The molecule has 1 rings (SSSR count). The van der Waals surface area contributed by atoms with Gasteiger partial charge in [0.25, 0.3) is 0 Å². The molecule has 0 saturated heterocycles. The molecule has 1 heterocycles. The smallest absolute Gasteiger partial charge is 0.243 e. The topological polar surface area (TPSA) is 85.2 Å². The SMILES string of the molecule is CCC[C@@H](N)c1nc(CCO)no1. The summed E-state index contributed by atoms with van der Waals surface area (Å²) in [5, 5.41) is 12.3. The van der Waals surface area contributed by atoms with Crippen molar-refractivity contribution in [3.8, 4) is 0 Å². The van der Waals surface area contributed by atoms with Crippen LogP contribution in [0.3, 0.4) is 0 Å². The average molecular weight is 185 g/mol. The highest BCUT2D eigenvalue weighted by Gasteiger charge is 2.12. The molecule has 0 saturated carbocycles. The first-order chi connectivity index (χ1) is 6.27. The van der Waals surface area contributed by atoms with E-state index in [1.807, 2.05) is 6.92 Å². The summed E-state index contributed by atoms with van der Waals surface area (Å²) in [5.74, 6) is 0.981. The van der Waals surface area contributed by atoms with Crippen molar-refractivity contribution in [3.05, 3.63) is 11.7 Å². The van der Waals surface area contributed by atoms with Gasteiger partial charge in [-0.3, -0.25) is 0 Å². The van der Waals surface area contributed by atoms with Gasteiger partial charge in [0.1, 0.15) is 0 Å². The molecule has 1 atom stereocenters. The van der Waals surface area contributed by atoms with E-state index in [1.54, 1.807) is 0 Å². The summed E-state index contributed by atoms with van der Waals surface area (Å²) in [7, 11) is 0. The van der Waals surface area contributed by atoms with Crippen LogP contribution < -0.4 is 5.73 Å². The van der Waals surface area contributed by atoms with Gasteiger partial charge in [-0.2, -0.15) is 4.98 Å². The largest absolute Gasteiger partial charge is 0.396 e. The Labute approximate surface area is 76.9 Å². The lowest BCUT2D eigenvalue weighted by Gasteiger charge is -2.01. The second-order valence-electron chi connectivity index (χ2n) is 2.92. The second kappa shape index (κ2) is 4.94. The maximum atomic E-state index is 8.62. The summed E-state index contributed by atoms with van der Waals surface area (Å²) in [6.07, 6.45) is 2.24. The molecule has 0 spiro atoms. The van der Waals surface area contributed by atoms with Crippen molar-refractivity contribution < 1.29 is 9.63 Å². The number of nitrogens with zero attached hydrogens (tertiary/aromatic N) is 2. The fraction of sp³-hybridized carbons (Fsp3) is 0.750. The van der Waals surface area contributed by atoms with Crippen LogP contribution in [0.4, 0.5) is 0 Å². The number of aliphatic hydroxyl groups excluding tert-OH is 1. The summed E-state index contributed by atoms with van der Waals surface area (Å²) in [4.78, 5) is 4.06. The first-order valence-electron chi connectivity index (χ1n) is 4.46. The Morgan fingerprint density at radius 2 is 2.38 bits per heavy atom. The first kappa shape index (κ1) is 10.1. The van der Waals surface area contributed by atoms with Gasteiger partial charge in [-0.25, -0.2) is 0 Å². The maximum Gasteiger partial charge on any atom is 0.243 e. The lowest BCUT2D eigenvalue weighted by Crippen LogP contribution is -2.10. The van der Waals surface area contributed by atoms with E-state index < -0.39 is 0 Å². The minimum Gasteiger partial charge on any atom is -0.396 e. The third kappa shape index (κ3) is 2.78. The Balaban J connectivity index is 2.56. The molecule has 0 aliphatic rings. The summed E-state index contributed by atoms with van der Waals surface area (Å²) >= 11 is 0. The van der Waals surface area contributed by atoms with Crippen molar-refractivity contribution in [2.75, 3.05) is 6.61 Å². The van der Waals surface area contributed by atoms with Crippen molar-refractivity contribution in [1.29, 1.82) is 0 Å². The van der Waals surface area contributed by atoms with Crippen LogP contribution in [0, 0.1) is 0 Å². The first-order valence-corrected chi connectivity index (χ1v) is 4.46. The summed E-state index contributed by atoms with van der Waals surface area (Å²) in [5.41, 5.74) is 5.76. The molecule has 74 valence electrons. The molecule has 0 amide bonds. The van der Waals surface area contributed by atoms with Crippen LogP contribution in [0.25, 0.3) is 0 Å². The molecule has 0 unspecified atom stereocenters. The molecule has 5 nitrogen and oxygen atoms in total. The molecule has 0 bridgehead atoms. The van der Waals surface area contributed by atoms with Crippen LogP contribution >= 0.6 is 0 Å². The Hall–Kier alpha value is -0.940. The van der Waals surface area contributed by atoms with E-state index >= 15 is 0 Å². The summed E-state index contributed by atoms with van der Waals surface area (Å²) < 4.78 is 4.93. The van der Waals surface area contributed by atoms with Gasteiger partial charge in [-0.05, 0) is 6.42 Å². The van der Waals surface area contributed by atoms with Crippen LogP contribution in [0.5, 0.6) is 0 Å². The van der Waals surface area contributed by atoms with Crippen molar-refractivity contribution in [3.63, 3.8) is 0 Å². The third-order valence-electron chi connectivity index (χ3n) is 1.74. The van der Waals surface area contributed by atoms with Crippen LogP contribution in [0.15, 0.2) is 4.52 Å². The van der Waals surface area contributed by atoms with E-state index in [1.165, 1.54) is 0 Å². The van der Waals surface area contributed by atoms with E-state index in [2.05, 4.69) is 10.1 Å². The molecule has 3 N–H and O–H groups in total. The van der Waals surface area contributed by atoms with E-state index in [4.69, 9.17) is 15.4 Å². The minimum absolute atomic E-state index is 0.0298. The molecule has 5 heteroatoms. The van der Waals surface area contributed by atoms with Crippen LogP contribution in [0.1, 0.15) is 37.5 Å². The fourth-order valence-electron chi connectivity index (χ4n) is 1.05. The monoisotopic (exact) mass is 185 g/mol.